The summed E-state index contributed by atoms with van der Waals surface area (Å²) in [5.74, 6) is 0.216. The Balaban J connectivity index is 2.00. The van der Waals surface area contributed by atoms with E-state index in [1.807, 2.05) is 23.1 Å². The van der Waals surface area contributed by atoms with Crippen molar-refractivity contribution < 1.29 is 4.79 Å². The topological polar surface area (TPSA) is 46.3 Å². The second kappa shape index (κ2) is 5.08. The molecule has 1 saturated heterocycles. The van der Waals surface area contributed by atoms with Crippen molar-refractivity contribution in [3.63, 3.8) is 0 Å². The highest BCUT2D eigenvalue weighted by Gasteiger charge is 2.43. The molecule has 1 aliphatic heterocycles. The lowest BCUT2D eigenvalue weighted by atomic mass is 9.90. The van der Waals surface area contributed by atoms with Gasteiger partial charge in [-0.05, 0) is 37.0 Å². The van der Waals surface area contributed by atoms with Crippen LogP contribution in [0.25, 0.3) is 0 Å². The van der Waals surface area contributed by atoms with Crippen LogP contribution in [-0.2, 0) is 4.79 Å². The number of benzene rings is 1. The lowest BCUT2D eigenvalue weighted by molar-refractivity contribution is -0.138. The molecule has 19 heavy (non-hydrogen) atoms. The van der Waals surface area contributed by atoms with E-state index in [9.17, 15) is 4.79 Å². The van der Waals surface area contributed by atoms with Crippen LogP contribution in [-0.4, -0.2) is 22.9 Å². The van der Waals surface area contributed by atoms with Gasteiger partial charge in [0.2, 0.25) is 5.91 Å². The van der Waals surface area contributed by atoms with Gasteiger partial charge < -0.3 is 10.6 Å². The van der Waals surface area contributed by atoms with Gasteiger partial charge in [-0.1, -0.05) is 33.6 Å². The number of amides is 1. The molecule has 3 rings (SSSR count). The molecule has 0 spiro atoms. The quantitative estimate of drug-likeness (QED) is 0.896. The summed E-state index contributed by atoms with van der Waals surface area (Å²) in [5.41, 5.74) is 7.24. The molecule has 2 unspecified atom stereocenters. The van der Waals surface area contributed by atoms with Gasteiger partial charge in [0.15, 0.2) is 0 Å². The van der Waals surface area contributed by atoms with E-state index >= 15 is 0 Å². The zero-order valence-corrected chi connectivity index (χ0v) is 12.8. The van der Waals surface area contributed by atoms with Crippen LogP contribution in [0.3, 0.4) is 0 Å². The number of rotatable bonds is 2. The summed E-state index contributed by atoms with van der Waals surface area (Å²) < 4.78 is 0.940. The fraction of sp³-hybridized carbons (Fsp3) is 0.500. The largest absolute Gasteiger partial charge is 0.331 e. The molecule has 102 valence electrons. The lowest BCUT2D eigenvalue weighted by Gasteiger charge is -2.40. The van der Waals surface area contributed by atoms with E-state index in [-0.39, 0.29) is 18.0 Å². The number of carbonyl (C=O) groups is 1. The zero-order chi connectivity index (χ0) is 13.6. The minimum atomic E-state index is -0.0747. The van der Waals surface area contributed by atoms with Crippen LogP contribution in [0, 0.1) is 0 Å². The van der Waals surface area contributed by atoms with Crippen LogP contribution in [0.15, 0.2) is 22.7 Å². The Hall–Kier alpha value is -0.580. The van der Waals surface area contributed by atoms with Gasteiger partial charge in [0, 0.05) is 28.0 Å². The van der Waals surface area contributed by atoms with Gasteiger partial charge in [-0.3, -0.25) is 4.79 Å². The first-order valence-electron chi connectivity index (χ1n) is 6.59. The Kier molecular flexibility index (Phi) is 3.58. The first kappa shape index (κ1) is 13.4. The smallest absolute Gasteiger partial charge is 0.223 e. The van der Waals surface area contributed by atoms with Crippen molar-refractivity contribution in [3.8, 4) is 0 Å². The molecular formula is C14H16BrClN2O. The maximum Gasteiger partial charge on any atom is 0.223 e. The maximum atomic E-state index is 12.2. The van der Waals surface area contributed by atoms with E-state index in [2.05, 4.69) is 15.9 Å². The first-order valence-corrected chi connectivity index (χ1v) is 7.76. The van der Waals surface area contributed by atoms with Crippen molar-refractivity contribution in [2.24, 2.45) is 5.73 Å². The Labute approximate surface area is 126 Å². The molecule has 1 heterocycles. The summed E-state index contributed by atoms with van der Waals surface area (Å²) >= 11 is 9.75. The molecule has 2 atom stereocenters. The summed E-state index contributed by atoms with van der Waals surface area (Å²) in [5, 5.41) is 0.676. The van der Waals surface area contributed by atoms with Crippen molar-refractivity contribution >= 4 is 33.4 Å². The molecule has 3 nitrogen and oxygen atoms in total. The van der Waals surface area contributed by atoms with Gasteiger partial charge in [-0.2, -0.15) is 0 Å². The molecule has 0 aromatic heterocycles. The number of hydrogen-bond acceptors (Lipinski definition) is 2. The molecule has 2 fully saturated rings. The summed E-state index contributed by atoms with van der Waals surface area (Å²) in [6.07, 6.45) is 3.47. The van der Waals surface area contributed by atoms with Crippen molar-refractivity contribution in [2.45, 2.75) is 43.8 Å². The van der Waals surface area contributed by atoms with Crippen LogP contribution < -0.4 is 5.73 Å². The summed E-state index contributed by atoms with van der Waals surface area (Å²) in [6, 6.07) is 6.06. The molecule has 1 aromatic rings. The normalized spacial score (nSPS) is 27.7. The van der Waals surface area contributed by atoms with Gasteiger partial charge in [0.05, 0.1) is 6.04 Å². The Morgan fingerprint density at radius 3 is 2.68 bits per heavy atom. The second-order valence-electron chi connectivity index (χ2n) is 5.35. The highest BCUT2D eigenvalue weighted by molar-refractivity contribution is 9.10. The van der Waals surface area contributed by atoms with Crippen molar-refractivity contribution in [3.05, 3.63) is 33.3 Å². The van der Waals surface area contributed by atoms with Crippen LogP contribution >= 0.6 is 27.5 Å². The fourth-order valence-corrected chi connectivity index (χ4v) is 3.63. The summed E-state index contributed by atoms with van der Waals surface area (Å²) in [7, 11) is 0. The third kappa shape index (κ3) is 2.54. The Bertz CT molecular complexity index is 518. The summed E-state index contributed by atoms with van der Waals surface area (Å²) in [6.45, 7) is 0. The molecule has 2 N–H and O–H groups in total. The van der Waals surface area contributed by atoms with E-state index < -0.39 is 0 Å². The molecule has 0 radical (unpaired) electrons. The number of halogens is 2. The molecule has 0 bridgehead atoms. The third-order valence-electron chi connectivity index (χ3n) is 3.91. The number of nitrogens with two attached hydrogens (primary N) is 1. The van der Waals surface area contributed by atoms with Crippen molar-refractivity contribution in [2.75, 3.05) is 0 Å². The SMILES string of the molecule is NC1CCC(=O)N(C2CC2)C1c1ccc(Br)cc1Cl. The number of nitrogens with zero attached hydrogens (tertiary/aromatic N) is 1. The number of piperidine rings is 1. The molecule has 1 aromatic carbocycles. The van der Waals surface area contributed by atoms with E-state index in [4.69, 9.17) is 17.3 Å². The lowest BCUT2D eigenvalue weighted by Crippen LogP contribution is -2.49. The van der Waals surface area contributed by atoms with Gasteiger partial charge in [0.25, 0.3) is 0 Å². The predicted octanol–water partition coefficient (Wildman–Crippen LogP) is 3.26. The van der Waals surface area contributed by atoms with Gasteiger partial charge in [0.1, 0.15) is 0 Å². The van der Waals surface area contributed by atoms with Gasteiger partial charge >= 0.3 is 0 Å². The van der Waals surface area contributed by atoms with Crippen molar-refractivity contribution in [1.82, 2.24) is 4.90 Å². The predicted molar refractivity (Wildman–Crippen MR) is 79.0 cm³/mol. The van der Waals surface area contributed by atoms with Crippen LogP contribution in [0.2, 0.25) is 5.02 Å². The number of likely N-dealkylation sites (tertiary alicyclic amines) is 1. The standard InChI is InChI=1S/C14H16BrClN2O/c15-8-1-4-10(11(16)7-8)14-12(17)5-6-13(19)18(14)9-2-3-9/h1,4,7,9,12,14H,2-3,5-6,17H2. The monoisotopic (exact) mass is 342 g/mol. The zero-order valence-electron chi connectivity index (χ0n) is 10.5. The maximum absolute atomic E-state index is 12.2. The Morgan fingerprint density at radius 1 is 1.32 bits per heavy atom. The average Bonchev–Trinajstić information content (AvgIpc) is 3.17. The van der Waals surface area contributed by atoms with Crippen LogP contribution in [0.4, 0.5) is 0 Å². The molecule has 1 amide bonds. The molecular weight excluding hydrogens is 328 g/mol. The molecule has 2 aliphatic rings. The minimum Gasteiger partial charge on any atom is -0.331 e. The van der Waals surface area contributed by atoms with Crippen molar-refractivity contribution in [1.29, 1.82) is 0 Å². The van der Waals surface area contributed by atoms with Gasteiger partial charge in [-0.25, -0.2) is 0 Å². The summed E-state index contributed by atoms with van der Waals surface area (Å²) in [4.78, 5) is 14.2. The van der Waals surface area contributed by atoms with Crippen LogP contribution in [0.1, 0.15) is 37.3 Å². The van der Waals surface area contributed by atoms with E-state index in [1.54, 1.807) is 0 Å². The minimum absolute atomic E-state index is 0.0306. The van der Waals surface area contributed by atoms with Crippen LogP contribution in [0.5, 0.6) is 0 Å². The number of hydrogen-bond donors (Lipinski definition) is 1. The third-order valence-corrected chi connectivity index (χ3v) is 4.73. The fourth-order valence-electron chi connectivity index (χ4n) is 2.84. The second-order valence-corrected chi connectivity index (χ2v) is 6.67. The van der Waals surface area contributed by atoms with E-state index in [1.165, 1.54) is 0 Å². The molecule has 1 saturated carbocycles. The highest BCUT2D eigenvalue weighted by Crippen LogP contribution is 2.42. The molecule has 1 aliphatic carbocycles. The molecule has 5 heteroatoms. The average molecular weight is 344 g/mol. The Morgan fingerprint density at radius 2 is 2.05 bits per heavy atom. The highest BCUT2D eigenvalue weighted by atomic mass is 79.9. The number of carbonyl (C=O) groups excluding carboxylic acids is 1. The van der Waals surface area contributed by atoms with E-state index in [0.29, 0.717) is 17.5 Å². The van der Waals surface area contributed by atoms with E-state index in [0.717, 1.165) is 29.3 Å². The first-order chi connectivity index (χ1) is 9.08. The van der Waals surface area contributed by atoms with Gasteiger partial charge in [-0.15, -0.1) is 0 Å².